The summed E-state index contributed by atoms with van der Waals surface area (Å²) in [6, 6.07) is 0. The Kier molecular flexibility index (Phi) is 7.13. The van der Waals surface area contributed by atoms with E-state index in [-0.39, 0.29) is 29.6 Å². The van der Waals surface area contributed by atoms with E-state index in [1.165, 1.54) is 51.4 Å². The summed E-state index contributed by atoms with van der Waals surface area (Å²) < 4.78 is 0.209. The van der Waals surface area contributed by atoms with Crippen LogP contribution in [0, 0.1) is 0 Å². The fourth-order valence-electron chi connectivity index (χ4n) is 3.28. The third-order valence-electron chi connectivity index (χ3n) is 4.55. The van der Waals surface area contributed by atoms with E-state index in [2.05, 4.69) is 30.8 Å². The standard InChI is InChI=1S/C15H24OS2.2ClH/c1-2-3-4-5-6-7-8-10-14-13-12(17-13)9-11-15(14,16)18-14;;/h9,11-13,16H,2-8,10H2,1H3;2*1H. The number of thioether (sulfide) groups is 2. The highest BCUT2D eigenvalue weighted by molar-refractivity contribution is 8.14. The van der Waals surface area contributed by atoms with Gasteiger partial charge in [-0.1, -0.05) is 57.9 Å². The summed E-state index contributed by atoms with van der Waals surface area (Å²) in [7, 11) is 0. The minimum atomic E-state index is -0.486. The zero-order chi connectivity index (χ0) is 12.6. The van der Waals surface area contributed by atoms with Crippen LogP contribution in [0.5, 0.6) is 0 Å². The predicted octanol–water partition coefficient (Wildman–Crippen LogP) is 5.20. The summed E-state index contributed by atoms with van der Waals surface area (Å²) in [5.74, 6) is 0. The molecule has 0 aromatic carbocycles. The van der Waals surface area contributed by atoms with Gasteiger partial charge in [-0.2, -0.15) is 0 Å². The molecule has 2 saturated heterocycles. The molecule has 4 atom stereocenters. The Morgan fingerprint density at radius 3 is 2.40 bits per heavy atom. The van der Waals surface area contributed by atoms with Crippen molar-refractivity contribution in [2.24, 2.45) is 0 Å². The van der Waals surface area contributed by atoms with Gasteiger partial charge in [0.25, 0.3) is 0 Å². The maximum atomic E-state index is 10.4. The van der Waals surface area contributed by atoms with Crippen LogP contribution in [0.4, 0.5) is 0 Å². The largest absolute Gasteiger partial charge is 0.374 e. The molecule has 0 bridgehead atoms. The molecule has 0 radical (unpaired) electrons. The van der Waals surface area contributed by atoms with Crippen LogP contribution in [0.1, 0.15) is 58.3 Å². The Morgan fingerprint density at radius 1 is 1.05 bits per heavy atom. The van der Waals surface area contributed by atoms with Crippen LogP contribution in [0.25, 0.3) is 0 Å². The minimum absolute atomic E-state index is 0. The molecule has 1 aliphatic carbocycles. The predicted molar refractivity (Wildman–Crippen MR) is 96.7 cm³/mol. The van der Waals surface area contributed by atoms with Crippen LogP contribution in [-0.2, 0) is 0 Å². The van der Waals surface area contributed by atoms with Gasteiger partial charge in [0.1, 0.15) is 4.93 Å². The van der Waals surface area contributed by atoms with Crippen LogP contribution in [0.3, 0.4) is 0 Å². The fraction of sp³-hybridized carbons (Fsp3) is 0.867. The van der Waals surface area contributed by atoms with Gasteiger partial charge in [-0.25, -0.2) is 0 Å². The van der Waals surface area contributed by atoms with E-state index in [9.17, 15) is 5.11 Å². The summed E-state index contributed by atoms with van der Waals surface area (Å²) in [5, 5.41) is 11.9. The lowest BCUT2D eigenvalue weighted by molar-refractivity contribution is 0.176. The molecule has 1 nitrogen and oxygen atoms in total. The van der Waals surface area contributed by atoms with Gasteiger partial charge in [-0.3, -0.25) is 0 Å². The molecule has 0 amide bonds. The van der Waals surface area contributed by atoms with Crippen molar-refractivity contribution in [3.05, 3.63) is 12.2 Å². The second-order valence-electron chi connectivity index (χ2n) is 5.94. The van der Waals surface area contributed by atoms with Crippen LogP contribution < -0.4 is 0 Å². The fourth-order valence-corrected chi connectivity index (χ4v) is 6.46. The quantitative estimate of drug-likeness (QED) is 0.366. The Hall–Kier alpha value is 0.980. The SMILES string of the molecule is CCCCCCCCCC12SC1(O)C=CC1SC12.Cl.Cl. The molecule has 0 spiro atoms. The van der Waals surface area contributed by atoms with Crippen molar-refractivity contribution in [3.63, 3.8) is 0 Å². The summed E-state index contributed by atoms with van der Waals surface area (Å²) in [4.78, 5) is -0.486. The van der Waals surface area contributed by atoms with E-state index in [1.54, 1.807) is 0 Å². The zero-order valence-corrected chi connectivity index (χ0v) is 15.3. The van der Waals surface area contributed by atoms with Gasteiger partial charge in [0.2, 0.25) is 0 Å². The lowest BCUT2D eigenvalue weighted by Gasteiger charge is -2.18. The molecule has 2 fully saturated rings. The molecule has 0 aromatic heterocycles. The van der Waals surface area contributed by atoms with Crippen molar-refractivity contribution >= 4 is 48.3 Å². The highest BCUT2D eigenvalue weighted by Gasteiger charge is 2.77. The van der Waals surface area contributed by atoms with Crippen molar-refractivity contribution in [2.45, 2.75) is 78.5 Å². The van der Waals surface area contributed by atoms with Gasteiger partial charge in [-0.05, 0) is 12.5 Å². The highest BCUT2D eigenvalue weighted by Crippen LogP contribution is 2.77. The van der Waals surface area contributed by atoms with Gasteiger partial charge in [0.05, 0.1) is 4.75 Å². The van der Waals surface area contributed by atoms with E-state index in [1.807, 2.05) is 11.8 Å². The monoisotopic (exact) mass is 356 g/mol. The third kappa shape index (κ3) is 3.48. The lowest BCUT2D eigenvalue weighted by atomic mass is 9.87. The Morgan fingerprint density at radius 2 is 1.70 bits per heavy atom. The number of aliphatic hydroxyl groups is 1. The van der Waals surface area contributed by atoms with Gasteiger partial charge >= 0.3 is 0 Å². The minimum Gasteiger partial charge on any atom is -0.374 e. The Labute approximate surface area is 143 Å². The maximum Gasteiger partial charge on any atom is 0.145 e. The second-order valence-corrected chi connectivity index (χ2v) is 8.82. The molecular weight excluding hydrogens is 331 g/mol. The number of hydrogen-bond donors (Lipinski definition) is 1. The van der Waals surface area contributed by atoms with Crippen molar-refractivity contribution in [1.29, 1.82) is 0 Å². The van der Waals surface area contributed by atoms with E-state index in [0.717, 1.165) is 10.5 Å². The molecule has 4 unspecified atom stereocenters. The first-order valence-corrected chi connectivity index (χ1v) is 9.25. The average Bonchev–Trinajstić information content (AvgIpc) is 3.21. The van der Waals surface area contributed by atoms with Gasteiger partial charge in [0.15, 0.2) is 0 Å². The second kappa shape index (κ2) is 7.50. The molecule has 3 aliphatic rings. The van der Waals surface area contributed by atoms with Crippen LogP contribution >= 0.6 is 48.3 Å². The van der Waals surface area contributed by atoms with Crippen LogP contribution in [-0.4, -0.2) is 25.3 Å². The number of halogens is 2. The van der Waals surface area contributed by atoms with E-state index < -0.39 is 4.93 Å². The molecule has 2 heterocycles. The summed E-state index contributed by atoms with van der Waals surface area (Å²) in [6.45, 7) is 2.27. The molecule has 5 heteroatoms. The third-order valence-corrected chi connectivity index (χ3v) is 7.86. The first kappa shape index (κ1) is 19.0. The van der Waals surface area contributed by atoms with Crippen LogP contribution in [0.15, 0.2) is 12.2 Å². The number of unbranched alkanes of at least 4 members (excludes halogenated alkanes) is 6. The first-order valence-electron chi connectivity index (χ1n) is 7.49. The molecular formula is C15H26Cl2OS2. The van der Waals surface area contributed by atoms with Crippen molar-refractivity contribution < 1.29 is 5.11 Å². The van der Waals surface area contributed by atoms with Gasteiger partial charge in [0, 0.05) is 10.5 Å². The number of hydrogen-bond acceptors (Lipinski definition) is 3. The molecule has 1 N–H and O–H groups in total. The van der Waals surface area contributed by atoms with E-state index in [4.69, 9.17) is 0 Å². The Bertz CT molecular complexity index is 353. The zero-order valence-electron chi connectivity index (χ0n) is 12.0. The van der Waals surface area contributed by atoms with Crippen LogP contribution in [0.2, 0.25) is 0 Å². The number of fused-ring (bicyclic) bond motifs is 3. The van der Waals surface area contributed by atoms with Gasteiger partial charge < -0.3 is 5.11 Å². The molecule has 118 valence electrons. The smallest absolute Gasteiger partial charge is 0.145 e. The Balaban J connectivity index is 0.000001000. The summed E-state index contributed by atoms with van der Waals surface area (Å²) >= 11 is 3.87. The summed E-state index contributed by atoms with van der Waals surface area (Å²) in [5.41, 5.74) is 0. The van der Waals surface area contributed by atoms with Gasteiger partial charge in [-0.15, -0.1) is 48.3 Å². The van der Waals surface area contributed by atoms with Crippen molar-refractivity contribution in [1.82, 2.24) is 0 Å². The average molecular weight is 357 g/mol. The topological polar surface area (TPSA) is 20.2 Å². The normalized spacial score (nSPS) is 39.1. The molecule has 3 rings (SSSR count). The number of rotatable bonds is 8. The lowest BCUT2D eigenvalue weighted by Crippen LogP contribution is -2.33. The van der Waals surface area contributed by atoms with Crippen molar-refractivity contribution in [3.8, 4) is 0 Å². The van der Waals surface area contributed by atoms with E-state index in [0.29, 0.717) is 0 Å². The molecule has 0 aromatic rings. The summed E-state index contributed by atoms with van der Waals surface area (Å²) in [6.07, 6.45) is 15.1. The maximum absolute atomic E-state index is 10.4. The highest BCUT2D eigenvalue weighted by atomic mass is 35.5. The van der Waals surface area contributed by atoms with E-state index >= 15 is 0 Å². The molecule has 2 aliphatic heterocycles. The molecule has 20 heavy (non-hydrogen) atoms. The van der Waals surface area contributed by atoms with Crippen molar-refractivity contribution in [2.75, 3.05) is 0 Å². The molecule has 0 saturated carbocycles. The first-order chi connectivity index (χ1) is 8.72.